The van der Waals surface area contributed by atoms with Crippen LogP contribution in [0.4, 0.5) is 0 Å². The first-order valence-electron chi connectivity index (χ1n) is 7.29. The molecule has 4 nitrogen and oxygen atoms in total. The standard InChI is InChI=1S/C16H24N2O2/c1-12(13-6-8-14(20-2)9-7-13)18-15(19)16(17)10-4-3-5-11-16/h6-9,12H,3-5,10-11,17H2,1-2H3,(H,18,19)/t12-/m0/s1. The van der Waals surface area contributed by atoms with Crippen molar-refractivity contribution in [1.82, 2.24) is 5.32 Å². The summed E-state index contributed by atoms with van der Waals surface area (Å²) in [7, 11) is 1.64. The number of ether oxygens (including phenoxy) is 1. The third-order valence-electron chi connectivity index (χ3n) is 4.16. The number of amides is 1. The number of nitrogens with one attached hydrogen (secondary N) is 1. The van der Waals surface area contributed by atoms with Crippen LogP contribution in [-0.2, 0) is 4.79 Å². The zero-order valence-corrected chi connectivity index (χ0v) is 12.3. The first-order valence-corrected chi connectivity index (χ1v) is 7.29. The quantitative estimate of drug-likeness (QED) is 0.888. The van der Waals surface area contributed by atoms with Crippen LogP contribution in [0.1, 0.15) is 50.6 Å². The van der Waals surface area contributed by atoms with E-state index in [0.29, 0.717) is 0 Å². The van der Waals surface area contributed by atoms with Gasteiger partial charge in [0, 0.05) is 0 Å². The van der Waals surface area contributed by atoms with Crippen LogP contribution in [0.15, 0.2) is 24.3 Å². The summed E-state index contributed by atoms with van der Waals surface area (Å²) in [5.41, 5.74) is 6.62. The second kappa shape index (κ2) is 6.27. The van der Waals surface area contributed by atoms with Gasteiger partial charge in [0.2, 0.25) is 5.91 Å². The fraction of sp³-hybridized carbons (Fsp3) is 0.562. The SMILES string of the molecule is COc1ccc([C@H](C)NC(=O)C2(N)CCCCC2)cc1. The van der Waals surface area contributed by atoms with E-state index in [2.05, 4.69) is 5.32 Å². The molecule has 0 saturated heterocycles. The molecule has 1 aromatic rings. The Morgan fingerprint density at radius 3 is 2.40 bits per heavy atom. The molecular weight excluding hydrogens is 252 g/mol. The van der Waals surface area contributed by atoms with Crippen molar-refractivity contribution >= 4 is 5.91 Å². The highest BCUT2D eigenvalue weighted by atomic mass is 16.5. The van der Waals surface area contributed by atoms with Gasteiger partial charge in [0.15, 0.2) is 0 Å². The lowest BCUT2D eigenvalue weighted by Gasteiger charge is -2.33. The van der Waals surface area contributed by atoms with Gasteiger partial charge < -0.3 is 15.8 Å². The number of nitrogens with two attached hydrogens (primary N) is 1. The molecule has 4 heteroatoms. The molecule has 1 aliphatic rings. The van der Waals surface area contributed by atoms with Crippen LogP contribution < -0.4 is 15.8 Å². The summed E-state index contributed by atoms with van der Waals surface area (Å²) in [6.45, 7) is 1.98. The molecule has 2 rings (SSSR count). The van der Waals surface area contributed by atoms with E-state index in [0.717, 1.165) is 37.0 Å². The van der Waals surface area contributed by atoms with E-state index in [1.807, 2.05) is 31.2 Å². The molecule has 1 atom stereocenters. The van der Waals surface area contributed by atoms with Crippen molar-refractivity contribution in [3.05, 3.63) is 29.8 Å². The van der Waals surface area contributed by atoms with Crippen molar-refractivity contribution in [2.45, 2.75) is 50.6 Å². The molecule has 20 heavy (non-hydrogen) atoms. The van der Waals surface area contributed by atoms with Crippen molar-refractivity contribution in [3.63, 3.8) is 0 Å². The number of hydrogen-bond donors (Lipinski definition) is 2. The largest absolute Gasteiger partial charge is 0.497 e. The molecule has 0 radical (unpaired) electrons. The first kappa shape index (κ1) is 14.9. The van der Waals surface area contributed by atoms with Crippen molar-refractivity contribution in [2.24, 2.45) is 5.73 Å². The monoisotopic (exact) mass is 276 g/mol. The van der Waals surface area contributed by atoms with Crippen LogP contribution in [0, 0.1) is 0 Å². The van der Waals surface area contributed by atoms with E-state index in [9.17, 15) is 4.79 Å². The Morgan fingerprint density at radius 1 is 1.25 bits per heavy atom. The average molecular weight is 276 g/mol. The van der Waals surface area contributed by atoms with Gasteiger partial charge in [-0.15, -0.1) is 0 Å². The van der Waals surface area contributed by atoms with Crippen LogP contribution in [0.3, 0.4) is 0 Å². The summed E-state index contributed by atoms with van der Waals surface area (Å²) in [6.07, 6.45) is 4.84. The van der Waals surface area contributed by atoms with Crippen molar-refractivity contribution in [1.29, 1.82) is 0 Å². The number of rotatable bonds is 4. The molecule has 0 spiro atoms. The van der Waals surface area contributed by atoms with Crippen LogP contribution >= 0.6 is 0 Å². The molecule has 1 aromatic carbocycles. The molecule has 1 fully saturated rings. The van der Waals surface area contributed by atoms with Gasteiger partial charge >= 0.3 is 0 Å². The fourth-order valence-corrected chi connectivity index (χ4v) is 2.73. The fourth-order valence-electron chi connectivity index (χ4n) is 2.73. The summed E-state index contributed by atoms with van der Waals surface area (Å²) in [4.78, 5) is 12.4. The Labute approximate surface area is 120 Å². The van der Waals surface area contributed by atoms with Gasteiger partial charge in [0.05, 0.1) is 18.7 Å². The molecule has 0 bridgehead atoms. The molecular formula is C16H24N2O2. The lowest BCUT2D eigenvalue weighted by molar-refractivity contribution is -0.128. The second-order valence-corrected chi connectivity index (χ2v) is 5.69. The molecule has 3 N–H and O–H groups in total. The Balaban J connectivity index is 1.99. The summed E-state index contributed by atoms with van der Waals surface area (Å²) < 4.78 is 5.13. The maximum Gasteiger partial charge on any atom is 0.240 e. The summed E-state index contributed by atoms with van der Waals surface area (Å²) in [6, 6.07) is 7.69. The molecule has 1 amide bonds. The highest BCUT2D eigenvalue weighted by Gasteiger charge is 2.35. The molecule has 1 saturated carbocycles. The summed E-state index contributed by atoms with van der Waals surface area (Å²) >= 11 is 0. The second-order valence-electron chi connectivity index (χ2n) is 5.69. The van der Waals surface area contributed by atoms with Crippen molar-refractivity contribution < 1.29 is 9.53 Å². The van der Waals surface area contributed by atoms with Gasteiger partial charge in [-0.05, 0) is 37.5 Å². The normalized spacial score (nSPS) is 19.1. The van der Waals surface area contributed by atoms with Crippen LogP contribution in [0.25, 0.3) is 0 Å². The maximum atomic E-state index is 12.4. The van der Waals surface area contributed by atoms with E-state index in [1.54, 1.807) is 7.11 Å². The molecule has 0 heterocycles. The predicted molar refractivity (Wildman–Crippen MR) is 79.6 cm³/mol. The first-order chi connectivity index (χ1) is 9.55. The van der Waals surface area contributed by atoms with Gasteiger partial charge in [-0.2, -0.15) is 0 Å². The van der Waals surface area contributed by atoms with Gasteiger partial charge in [-0.3, -0.25) is 4.79 Å². The highest BCUT2D eigenvalue weighted by Crippen LogP contribution is 2.27. The molecule has 1 aliphatic carbocycles. The van der Waals surface area contributed by atoms with E-state index in [4.69, 9.17) is 10.5 Å². The van der Waals surface area contributed by atoms with Gasteiger partial charge in [0.1, 0.15) is 5.75 Å². The number of carbonyl (C=O) groups excluding carboxylic acids is 1. The number of methoxy groups -OCH3 is 1. The van der Waals surface area contributed by atoms with Gasteiger partial charge in [-0.25, -0.2) is 0 Å². The topological polar surface area (TPSA) is 64.3 Å². The van der Waals surface area contributed by atoms with Gasteiger partial charge in [0.25, 0.3) is 0 Å². The smallest absolute Gasteiger partial charge is 0.240 e. The minimum atomic E-state index is -0.682. The molecule has 110 valence electrons. The Bertz CT molecular complexity index is 450. The Kier molecular flexibility index (Phi) is 4.65. The van der Waals surface area contributed by atoms with Gasteiger partial charge in [-0.1, -0.05) is 31.4 Å². The van der Waals surface area contributed by atoms with Crippen LogP contribution in [0.2, 0.25) is 0 Å². The van der Waals surface area contributed by atoms with Crippen molar-refractivity contribution in [3.8, 4) is 5.75 Å². The number of benzene rings is 1. The molecule has 0 aliphatic heterocycles. The molecule has 0 aromatic heterocycles. The summed E-state index contributed by atoms with van der Waals surface area (Å²) in [5, 5.41) is 3.04. The van der Waals surface area contributed by atoms with E-state index >= 15 is 0 Å². The summed E-state index contributed by atoms with van der Waals surface area (Å²) in [5.74, 6) is 0.787. The third kappa shape index (κ3) is 3.31. The molecule has 0 unspecified atom stereocenters. The minimum absolute atomic E-state index is 0.0273. The van der Waals surface area contributed by atoms with Crippen molar-refractivity contribution in [2.75, 3.05) is 7.11 Å². The third-order valence-corrected chi connectivity index (χ3v) is 4.16. The van der Waals surface area contributed by atoms with E-state index in [1.165, 1.54) is 6.42 Å². The maximum absolute atomic E-state index is 12.4. The predicted octanol–water partition coefficient (Wildman–Crippen LogP) is 2.53. The lowest BCUT2D eigenvalue weighted by Crippen LogP contribution is -2.55. The van der Waals surface area contributed by atoms with Crippen LogP contribution in [-0.4, -0.2) is 18.6 Å². The zero-order valence-electron chi connectivity index (χ0n) is 12.3. The highest BCUT2D eigenvalue weighted by molar-refractivity contribution is 5.86. The Morgan fingerprint density at radius 2 is 1.85 bits per heavy atom. The number of hydrogen-bond acceptors (Lipinski definition) is 3. The zero-order chi connectivity index (χ0) is 14.6. The van der Waals surface area contributed by atoms with Crippen LogP contribution in [0.5, 0.6) is 5.75 Å². The number of carbonyl (C=O) groups is 1. The Hall–Kier alpha value is -1.55. The lowest BCUT2D eigenvalue weighted by atomic mass is 9.81. The van der Waals surface area contributed by atoms with E-state index in [-0.39, 0.29) is 11.9 Å². The minimum Gasteiger partial charge on any atom is -0.497 e. The average Bonchev–Trinajstić information content (AvgIpc) is 2.48. The van der Waals surface area contributed by atoms with E-state index < -0.39 is 5.54 Å².